The molecule has 2 N–H and O–H groups in total. The van der Waals surface area contributed by atoms with Crippen molar-refractivity contribution in [3.63, 3.8) is 0 Å². The number of thiazole rings is 2. The number of aromatic nitrogens is 2. The smallest absolute Gasteiger partial charge is 0.232 e. The van der Waals surface area contributed by atoms with Gasteiger partial charge in [0.25, 0.3) is 0 Å². The second kappa shape index (κ2) is 9.95. The number of carbonyl (C=O) groups excluding carboxylic acids is 2. The SMILES string of the molecule is CC(=O)NCc1ccc(-c2csc(NC(=O)Cc3csc(Cc4ccccc4)n3)n2)s1. The molecule has 0 bridgehead atoms. The van der Waals surface area contributed by atoms with E-state index < -0.39 is 0 Å². The van der Waals surface area contributed by atoms with Crippen LogP contribution in [0, 0.1) is 0 Å². The van der Waals surface area contributed by atoms with Gasteiger partial charge in [0, 0.05) is 29.0 Å². The molecule has 0 aliphatic carbocycles. The quantitative estimate of drug-likeness (QED) is 0.391. The van der Waals surface area contributed by atoms with Crippen LogP contribution in [0.25, 0.3) is 10.6 Å². The number of nitrogens with zero attached hydrogens (tertiary/aromatic N) is 2. The van der Waals surface area contributed by atoms with Gasteiger partial charge >= 0.3 is 0 Å². The summed E-state index contributed by atoms with van der Waals surface area (Å²) in [7, 11) is 0. The molecule has 1 aromatic carbocycles. The van der Waals surface area contributed by atoms with Crippen molar-refractivity contribution >= 4 is 51.0 Å². The Morgan fingerprint density at radius 2 is 1.84 bits per heavy atom. The molecule has 0 saturated heterocycles. The molecule has 158 valence electrons. The van der Waals surface area contributed by atoms with Crippen molar-refractivity contribution in [2.75, 3.05) is 5.32 Å². The van der Waals surface area contributed by atoms with Gasteiger partial charge in [0.1, 0.15) is 0 Å². The van der Waals surface area contributed by atoms with Crippen LogP contribution in [0.2, 0.25) is 0 Å². The first-order valence-corrected chi connectivity index (χ1v) is 12.2. The van der Waals surface area contributed by atoms with Gasteiger partial charge in [0.15, 0.2) is 5.13 Å². The number of carbonyl (C=O) groups is 2. The van der Waals surface area contributed by atoms with E-state index in [1.807, 2.05) is 41.1 Å². The molecule has 4 rings (SSSR count). The minimum Gasteiger partial charge on any atom is -0.351 e. The lowest BCUT2D eigenvalue weighted by Crippen LogP contribution is -2.17. The number of amides is 2. The number of benzene rings is 1. The number of anilines is 1. The third kappa shape index (κ3) is 6.06. The lowest BCUT2D eigenvalue weighted by molar-refractivity contribution is -0.119. The predicted octanol–water partition coefficient (Wildman–Crippen LogP) is 4.74. The molecular weight excluding hydrogens is 448 g/mol. The number of hydrogen-bond acceptors (Lipinski definition) is 7. The van der Waals surface area contributed by atoms with Crippen LogP contribution in [-0.2, 0) is 29.0 Å². The first-order chi connectivity index (χ1) is 15.0. The van der Waals surface area contributed by atoms with Crippen LogP contribution in [0.4, 0.5) is 5.13 Å². The topological polar surface area (TPSA) is 84.0 Å². The van der Waals surface area contributed by atoms with E-state index in [0.29, 0.717) is 11.7 Å². The average Bonchev–Trinajstić information content (AvgIpc) is 3.48. The van der Waals surface area contributed by atoms with Gasteiger partial charge in [-0.25, -0.2) is 9.97 Å². The Kier molecular flexibility index (Phi) is 6.86. The van der Waals surface area contributed by atoms with Crippen molar-refractivity contribution in [3.8, 4) is 10.6 Å². The van der Waals surface area contributed by atoms with Gasteiger partial charge in [0.05, 0.1) is 34.2 Å². The van der Waals surface area contributed by atoms with Crippen LogP contribution in [0.5, 0.6) is 0 Å². The molecule has 0 fully saturated rings. The third-order valence-corrected chi connectivity index (χ3v) is 7.08. The Balaban J connectivity index is 1.32. The van der Waals surface area contributed by atoms with Gasteiger partial charge in [0.2, 0.25) is 11.8 Å². The molecule has 6 nitrogen and oxygen atoms in total. The van der Waals surface area contributed by atoms with Crippen molar-refractivity contribution < 1.29 is 9.59 Å². The minimum atomic E-state index is -0.130. The molecule has 0 spiro atoms. The second-order valence-electron chi connectivity index (χ2n) is 6.83. The fourth-order valence-corrected chi connectivity index (χ4v) is 5.41. The van der Waals surface area contributed by atoms with Gasteiger partial charge in [-0.05, 0) is 17.7 Å². The van der Waals surface area contributed by atoms with Crippen LogP contribution in [-0.4, -0.2) is 21.8 Å². The summed E-state index contributed by atoms with van der Waals surface area (Å²) in [4.78, 5) is 34.6. The molecule has 0 radical (unpaired) electrons. The lowest BCUT2D eigenvalue weighted by Gasteiger charge is -1.99. The van der Waals surface area contributed by atoms with Crippen LogP contribution < -0.4 is 10.6 Å². The second-order valence-corrected chi connectivity index (χ2v) is 9.80. The normalized spacial score (nSPS) is 10.7. The monoisotopic (exact) mass is 468 g/mol. The molecule has 3 aromatic heterocycles. The van der Waals surface area contributed by atoms with E-state index in [-0.39, 0.29) is 18.2 Å². The van der Waals surface area contributed by atoms with Gasteiger partial charge in [-0.3, -0.25) is 9.59 Å². The van der Waals surface area contributed by atoms with E-state index in [1.165, 1.54) is 23.8 Å². The Morgan fingerprint density at radius 1 is 1.00 bits per heavy atom. The van der Waals surface area contributed by atoms with E-state index >= 15 is 0 Å². The molecule has 0 unspecified atom stereocenters. The lowest BCUT2D eigenvalue weighted by atomic mass is 10.2. The fourth-order valence-electron chi connectivity index (χ4n) is 2.88. The van der Waals surface area contributed by atoms with Crippen LogP contribution in [0.15, 0.2) is 53.2 Å². The zero-order valence-electron chi connectivity index (χ0n) is 16.8. The highest BCUT2D eigenvalue weighted by Crippen LogP contribution is 2.31. The maximum atomic E-state index is 12.4. The largest absolute Gasteiger partial charge is 0.351 e. The van der Waals surface area contributed by atoms with Crippen molar-refractivity contribution in [2.24, 2.45) is 0 Å². The van der Waals surface area contributed by atoms with Gasteiger partial charge in [-0.15, -0.1) is 34.0 Å². The Hall–Kier alpha value is -2.88. The first-order valence-electron chi connectivity index (χ1n) is 9.61. The van der Waals surface area contributed by atoms with Gasteiger partial charge in [-0.1, -0.05) is 30.3 Å². The molecule has 0 atom stereocenters. The van der Waals surface area contributed by atoms with E-state index in [0.717, 1.165) is 32.6 Å². The molecule has 0 aliphatic rings. The summed E-state index contributed by atoms with van der Waals surface area (Å²) in [6.45, 7) is 2.01. The van der Waals surface area contributed by atoms with Crippen molar-refractivity contribution in [2.45, 2.75) is 26.3 Å². The average molecular weight is 469 g/mol. The van der Waals surface area contributed by atoms with E-state index in [9.17, 15) is 9.59 Å². The molecule has 3 heterocycles. The maximum absolute atomic E-state index is 12.4. The van der Waals surface area contributed by atoms with Gasteiger partial charge in [-0.2, -0.15) is 0 Å². The molecule has 2 amide bonds. The number of hydrogen-bond donors (Lipinski definition) is 2. The standard InChI is InChI=1S/C22H20N4O2S3/c1-14(27)23-11-17-7-8-19(31-17)18-13-30-22(25-18)26-20(28)10-16-12-29-21(24-16)9-15-5-3-2-4-6-15/h2-8,12-13H,9-11H2,1H3,(H,23,27)(H,25,26,28). The minimum absolute atomic E-state index is 0.0547. The molecule has 4 aromatic rings. The number of nitrogens with one attached hydrogen (secondary N) is 2. The van der Waals surface area contributed by atoms with Crippen molar-refractivity contribution in [1.29, 1.82) is 0 Å². The van der Waals surface area contributed by atoms with E-state index in [1.54, 1.807) is 22.7 Å². The van der Waals surface area contributed by atoms with Crippen molar-refractivity contribution in [1.82, 2.24) is 15.3 Å². The number of thiophene rings is 1. The van der Waals surface area contributed by atoms with Gasteiger partial charge < -0.3 is 10.6 Å². The summed E-state index contributed by atoms with van der Waals surface area (Å²) in [5, 5.41) is 11.1. The summed E-state index contributed by atoms with van der Waals surface area (Å²) < 4.78 is 0. The highest BCUT2D eigenvalue weighted by atomic mass is 32.1. The summed E-state index contributed by atoms with van der Waals surface area (Å²) in [5.74, 6) is -0.184. The zero-order chi connectivity index (χ0) is 21.6. The molecule has 0 aliphatic heterocycles. The summed E-state index contributed by atoms with van der Waals surface area (Å²) in [6, 6.07) is 14.1. The number of rotatable bonds is 8. The zero-order valence-corrected chi connectivity index (χ0v) is 19.2. The molecule has 0 saturated carbocycles. The van der Waals surface area contributed by atoms with Crippen LogP contribution >= 0.6 is 34.0 Å². The maximum Gasteiger partial charge on any atom is 0.232 e. The Bertz CT molecular complexity index is 1180. The molecule has 31 heavy (non-hydrogen) atoms. The van der Waals surface area contributed by atoms with E-state index in [4.69, 9.17) is 0 Å². The highest BCUT2D eigenvalue weighted by molar-refractivity contribution is 7.17. The summed E-state index contributed by atoms with van der Waals surface area (Å²) >= 11 is 4.54. The third-order valence-electron chi connectivity index (χ3n) is 4.32. The predicted molar refractivity (Wildman–Crippen MR) is 127 cm³/mol. The molecular formula is C22H20N4O2S3. The molecule has 9 heteroatoms. The van der Waals surface area contributed by atoms with Crippen LogP contribution in [0.1, 0.15) is 28.1 Å². The Labute approximate surface area is 192 Å². The fraction of sp³-hybridized carbons (Fsp3) is 0.182. The summed E-state index contributed by atoms with van der Waals surface area (Å²) in [5.41, 5.74) is 2.79. The highest BCUT2D eigenvalue weighted by Gasteiger charge is 2.12. The van der Waals surface area contributed by atoms with Crippen molar-refractivity contribution in [3.05, 3.63) is 74.4 Å². The Morgan fingerprint density at radius 3 is 2.65 bits per heavy atom. The summed E-state index contributed by atoms with van der Waals surface area (Å²) in [6.07, 6.45) is 0.994. The van der Waals surface area contributed by atoms with Crippen LogP contribution in [0.3, 0.4) is 0 Å². The first kappa shape index (κ1) is 21.4. The van der Waals surface area contributed by atoms with E-state index in [2.05, 4.69) is 32.7 Å².